The number of hydrogen-bond acceptors (Lipinski definition) is 5. The number of hydrogen-bond donors (Lipinski definition) is 2. The fourth-order valence-corrected chi connectivity index (χ4v) is 5.62. The third kappa shape index (κ3) is 4.89. The minimum absolute atomic E-state index is 0.00217. The molecule has 3 atom stereocenters. The summed E-state index contributed by atoms with van der Waals surface area (Å²) in [6.07, 6.45) is -2.07. The van der Waals surface area contributed by atoms with E-state index in [1.807, 2.05) is 20.8 Å². The average molecular weight is 564 g/mol. The van der Waals surface area contributed by atoms with Crippen LogP contribution in [-0.2, 0) is 10.3 Å². The van der Waals surface area contributed by atoms with Crippen molar-refractivity contribution in [2.75, 3.05) is 13.2 Å². The van der Waals surface area contributed by atoms with Crippen molar-refractivity contribution < 1.29 is 37.3 Å². The van der Waals surface area contributed by atoms with Gasteiger partial charge in [0.1, 0.15) is 23.9 Å². The first-order valence-electron chi connectivity index (χ1n) is 12.3. The lowest BCUT2D eigenvalue weighted by Crippen LogP contribution is -2.54. The van der Waals surface area contributed by atoms with Crippen LogP contribution in [0.1, 0.15) is 44.7 Å². The Labute approximate surface area is 229 Å². The van der Waals surface area contributed by atoms with Crippen molar-refractivity contribution in [3.8, 4) is 22.6 Å². The number of halogens is 4. The van der Waals surface area contributed by atoms with E-state index in [1.165, 1.54) is 6.07 Å². The van der Waals surface area contributed by atoms with E-state index in [4.69, 9.17) is 31.5 Å². The van der Waals surface area contributed by atoms with E-state index in [0.717, 1.165) is 12.1 Å². The minimum Gasteiger partial charge on any atom is -0.490 e. The van der Waals surface area contributed by atoms with Crippen molar-refractivity contribution in [1.82, 2.24) is 0 Å². The molecule has 4 rings (SSSR count). The lowest BCUT2D eigenvalue weighted by Gasteiger charge is -2.45. The number of carbonyl (C=O) groups excluding carboxylic acids is 1. The normalized spacial score (nSPS) is 19.3. The summed E-state index contributed by atoms with van der Waals surface area (Å²) in [7, 11) is 0. The van der Waals surface area contributed by atoms with Gasteiger partial charge in [0, 0.05) is 28.5 Å². The Morgan fingerprint density at radius 1 is 1.13 bits per heavy atom. The molecule has 0 aromatic heterocycles. The highest BCUT2D eigenvalue weighted by Crippen LogP contribution is 2.60. The molecule has 0 radical (unpaired) electrons. The smallest absolute Gasteiger partial charge is 0.404 e. The highest BCUT2D eigenvalue weighted by Gasteiger charge is 2.59. The van der Waals surface area contributed by atoms with Crippen LogP contribution in [0.5, 0.6) is 11.5 Å². The van der Waals surface area contributed by atoms with E-state index in [2.05, 4.69) is 0 Å². The van der Waals surface area contributed by atoms with Gasteiger partial charge in [0.15, 0.2) is 23.3 Å². The van der Waals surface area contributed by atoms with Crippen molar-refractivity contribution in [3.05, 3.63) is 82.1 Å². The minimum atomic E-state index is -1.47. The van der Waals surface area contributed by atoms with Crippen LogP contribution >= 0.6 is 11.6 Å². The van der Waals surface area contributed by atoms with Crippen molar-refractivity contribution in [3.63, 3.8) is 0 Å². The molecular formula is C29H29ClF3NO5. The lowest BCUT2D eigenvalue weighted by atomic mass is 9.68. The molecular weight excluding hydrogens is 535 g/mol. The number of nitrogens with two attached hydrogens (primary N) is 1. The largest absolute Gasteiger partial charge is 0.490 e. The lowest BCUT2D eigenvalue weighted by molar-refractivity contribution is -0.111. The van der Waals surface area contributed by atoms with Crippen LogP contribution in [0.3, 0.4) is 0 Å². The van der Waals surface area contributed by atoms with Crippen LogP contribution in [0, 0.1) is 22.9 Å². The first kappa shape index (κ1) is 28.6. The number of carbonyl (C=O) groups is 1. The fourth-order valence-electron chi connectivity index (χ4n) is 5.37. The summed E-state index contributed by atoms with van der Waals surface area (Å²) < 4.78 is 63.1. The molecule has 10 heteroatoms. The number of benzene rings is 3. The van der Waals surface area contributed by atoms with Gasteiger partial charge < -0.3 is 25.1 Å². The standard InChI is InChI=1S/C29H29ClF3NO5/c1-15-21-20(39-29(15,16-8-6-5-7-9-16)26(28(2,3)4)38-27(34)36)14-18(32)24(30)23(21)22-19(37-13-12-35)11-10-17(31)25(22)33/h5-11,14-15,26,35H,12-13H2,1-4H3,(H2,34,36)/t15-,26-,29-/m0/s1. The van der Waals surface area contributed by atoms with Crippen LogP contribution < -0.4 is 15.2 Å². The Bertz CT molecular complexity index is 1400. The molecule has 1 heterocycles. The Morgan fingerprint density at radius 2 is 1.79 bits per heavy atom. The quantitative estimate of drug-likeness (QED) is 0.334. The predicted molar refractivity (Wildman–Crippen MR) is 140 cm³/mol. The van der Waals surface area contributed by atoms with Gasteiger partial charge >= 0.3 is 6.09 Å². The highest BCUT2D eigenvalue weighted by molar-refractivity contribution is 6.34. The van der Waals surface area contributed by atoms with Crippen molar-refractivity contribution in [1.29, 1.82) is 0 Å². The van der Waals surface area contributed by atoms with Gasteiger partial charge in [0.25, 0.3) is 0 Å². The Kier molecular flexibility index (Phi) is 7.78. The van der Waals surface area contributed by atoms with E-state index in [-0.39, 0.29) is 29.2 Å². The second-order valence-corrected chi connectivity index (χ2v) is 10.8. The molecule has 0 bridgehead atoms. The van der Waals surface area contributed by atoms with Gasteiger partial charge in [-0.15, -0.1) is 0 Å². The molecule has 3 aromatic rings. The second-order valence-electron chi connectivity index (χ2n) is 10.4. The average Bonchev–Trinajstić information content (AvgIpc) is 3.16. The molecule has 0 fully saturated rings. The van der Waals surface area contributed by atoms with Gasteiger partial charge in [-0.25, -0.2) is 18.0 Å². The predicted octanol–water partition coefficient (Wildman–Crippen LogP) is 6.70. The van der Waals surface area contributed by atoms with E-state index < -0.39 is 63.8 Å². The third-order valence-corrected chi connectivity index (χ3v) is 7.24. The molecule has 0 aliphatic carbocycles. The van der Waals surface area contributed by atoms with Crippen LogP contribution in [0.15, 0.2) is 48.5 Å². The maximum Gasteiger partial charge on any atom is 0.404 e. The molecule has 0 unspecified atom stereocenters. The zero-order valence-electron chi connectivity index (χ0n) is 21.9. The summed E-state index contributed by atoms with van der Waals surface area (Å²) in [5.41, 5.74) is 3.49. The number of aliphatic hydroxyl groups excluding tert-OH is 1. The molecule has 6 nitrogen and oxygen atoms in total. The summed E-state index contributed by atoms with van der Waals surface area (Å²) >= 11 is 6.47. The summed E-state index contributed by atoms with van der Waals surface area (Å²) in [6.45, 7) is 6.59. The summed E-state index contributed by atoms with van der Waals surface area (Å²) in [5, 5.41) is 8.78. The molecule has 1 aliphatic heterocycles. The van der Waals surface area contributed by atoms with Crippen molar-refractivity contribution in [2.24, 2.45) is 11.1 Å². The highest BCUT2D eigenvalue weighted by atomic mass is 35.5. The van der Waals surface area contributed by atoms with Crippen LogP contribution in [0.4, 0.5) is 18.0 Å². The van der Waals surface area contributed by atoms with E-state index >= 15 is 8.78 Å². The number of rotatable bonds is 7. The second kappa shape index (κ2) is 10.6. The molecule has 208 valence electrons. The number of ether oxygens (including phenoxy) is 3. The van der Waals surface area contributed by atoms with Crippen molar-refractivity contribution in [2.45, 2.75) is 45.3 Å². The Hall–Kier alpha value is -3.43. The summed E-state index contributed by atoms with van der Waals surface area (Å²) in [4.78, 5) is 12.1. The van der Waals surface area contributed by atoms with Gasteiger partial charge in [-0.1, -0.05) is 69.6 Å². The molecule has 0 spiro atoms. The number of amides is 1. The van der Waals surface area contributed by atoms with E-state index in [0.29, 0.717) is 5.56 Å². The monoisotopic (exact) mass is 563 g/mol. The maximum atomic E-state index is 15.5. The maximum absolute atomic E-state index is 15.5. The van der Waals surface area contributed by atoms with E-state index in [1.54, 1.807) is 37.3 Å². The molecule has 0 saturated carbocycles. The molecule has 1 amide bonds. The zero-order chi connectivity index (χ0) is 28.7. The van der Waals surface area contributed by atoms with Crippen LogP contribution in [0.25, 0.3) is 11.1 Å². The van der Waals surface area contributed by atoms with Crippen LogP contribution in [0.2, 0.25) is 5.02 Å². The first-order valence-corrected chi connectivity index (χ1v) is 12.7. The number of primary amides is 1. The summed E-state index contributed by atoms with van der Waals surface area (Å²) in [6, 6.07) is 12.0. The fraction of sp³-hybridized carbons (Fsp3) is 0.345. The van der Waals surface area contributed by atoms with Gasteiger partial charge in [-0.05, 0) is 17.7 Å². The Morgan fingerprint density at radius 3 is 2.38 bits per heavy atom. The third-order valence-electron chi connectivity index (χ3n) is 6.87. The Balaban J connectivity index is 2.08. The molecule has 3 N–H and O–H groups in total. The molecule has 3 aromatic carbocycles. The number of fused-ring (bicyclic) bond motifs is 1. The summed E-state index contributed by atoms with van der Waals surface area (Å²) in [5.74, 6) is -4.38. The molecule has 39 heavy (non-hydrogen) atoms. The number of aliphatic hydroxyl groups is 1. The van der Waals surface area contributed by atoms with Gasteiger partial charge in [-0.3, -0.25) is 0 Å². The van der Waals surface area contributed by atoms with Gasteiger partial charge in [0.05, 0.1) is 17.2 Å². The molecule has 0 saturated heterocycles. The topological polar surface area (TPSA) is 91.0 Å². The SMILES string of the molecule is C[C@H]1c2c(cc(F)c(Cl)c2-c2c(OCCO)ccc(F)c2F)O[C@@]1(c1ccccc1)[C@@H](OC(N)=O)C(C)(C)C. The van der Waals surface area contributed by atoms with E-state index in [9.17, 15) is 14.3 Å². The van der Waals surface area contributed by atoms with Crippen LogP contribution in [-0.4, -0.2) is 30.5 Å². The first-order chi connectivity index (χ1) is 18.3. The van der Waals surface area contributed by atoms with Crippen molar-refractivity contribution >= 4 is 17.7 Å². The zero-order valence-corrected chi connectivity index (χ0v) is 22.6. The molecule has 1 aliphatic rings. The van der Waals surface area contributed by atoms with Gasteiger partial charge in [0.2, 0.25) is 0 Å². The van der Waals surface area contributed by atoms with Gasteiger partial charge in [-0.2, -0.15) is 0 Å².